The van der Waals surface area contributed by atoms with Crippen LogP contribution >= 0.6 is 0 Å². The van der Waals surface area contributed by atoms with E-state index in [1.807, 2.05) is 18.2 Å². The molecule has 0 saturated carbocycles. The predicted octanol–water partition coefficient (Wildman–Crippen LogP) is 2.13. The lowest BCUT2D eigenvalue weighted by atomic mass is 10.1. The second kappa shape index (κ2) is 3.37. The molecule has 0 spiro atoms. The van der Waals surface area contributed by atoms with Crippen LogP contribution in [0.25, 0.3) is 0 Å². The molecular formula is C9H12N. The van der Waals surface area contributed by atoms with Gasteiger partial charge in [-0.2, -0.15) is 0 Å². The van der Waals surface area contributed by atoms with Crippen LogP contribution in [0.5, 0.6) is 0 Å². The summed E-state index contributed by atoms with van der Waals surface area (Å²) in [4.78, 5) is 0. The van der Waals surface area contributed by atoms with E-state index < -0.39 is 0 Å². The highest BCUT2D eigenvalue weighted by Gasteiger charge is 1.97. The van der Waals surface area contributed by atoms with Crippen LogP contribution in [0.4, 0.5) is 0 Å². The quantitative estimate of drug-likeness (QED) is 0.653. The lowest BCUT2D eigenvalue weighted by molar-refractivity contribution is 0.683. The number of rotatable bonds is 2. The van der Waals surface area contributed by atoms with Crippen molar-refractivity contribution in [1.82, 2.24) is 5.32 Å². The zero-order valence-corrected chi connectivity index (χ0v) is 6.17. The Kier molecular flexibility index (Phi) is 2.46. The van der Waals surface area contributed by atoms with E-state index in [0.29, 0.717) is 6.04 Å². The molecule has 0 bridgehead atoms. The average molecular weight is 134 g/mol. The summed E-state index contributed by atoms with van der Waals surface area (Å²) in [5.74, 6) is 0. The van der Waals surface area contributed by atoms with Gasteiger partial charge in [-0.05, 0) is 12.5 Å². The third-order valence-corrected chi connectivity index (χ3v) is 1.61. The van der Waals surface area contributed by atoms with Crippen molar-refractivity contribution in [2.45, 2.75) is 13.0 Å². The molecule has 0 unspecified atom stereocenters. The zero-order valence-electron chi connectivity index (χ0n) is 6.17. The normalized spacial score (nSPS) is 13.0. The molecule has 10 heavy (non-hydrogen) atoms. The minimum atomic E-state index is 0.348. The monoisotopic (exact) mass is 134 g/mol. The molecule has 0 aliphatic heterocycles. The van der Waals surface area contributed by atoms with Crippen LogP contribution in [0.1, 0.15) is 18.5 Å². The van der Waals surface area contributed by atoms with Crippen molar-refractivity contribution in [3.8, 4) is 0 Å². The predicted molar refractivity (Wildman–Crippen MR) is 43.3 cm³/mol. The standard InChI is InChI=1S/C9H12N/c1-8(10-2)9-6-4-3-5-7-9/h3-8,10H,2H2,1H3/t8-/m0/s1. The molecule has 1 heteroatoms. The number of hydrogen-bond acceptors (Lipinski definition) is 1. The van der Waals surface area contributed by atoms with Gasteiger partial charge in [0.25, 0.3) is 0 Å². The van der Waals surface area contributed by atoms with Crippen LogP contribution in [0.3, 0.4) is 0 Å². The van der Waals surface area contributed by atoms with Crippen molar-refractivity contribution in [3.05, 3.63) is 42.9 Å². The molecule has 0 amide bonds. The minimum absolute atomic E-state index is 0.348. The highest BCUT2D eigenvalue weighted by atomic mass is 14.8. The lowest BCUT2D eigenvalue weighted by Crippen LogP contribution is -2.09. The summed E-state index contributed by atoms with van der Waals surface area (Å²) in [6.45, 7) is 2.09. The molecule has 1 rings (SSSR count). The van der Waals surface area contributed by atoms with E-state index in [9.17, 15) is 0 Å². The van der Waals surface area contributed by atoms with E-state index in [2.05, 4.69) is 31.4 Å². The fourth-order valence-corrected chi connectivity index (χ4v) is 0.860. The van der Waals surface area contributed by atoms with Gasteiger partial charge >= 0.3 is 0 Å². The minimum Gasteiger partial charge on any atom is -0.309 e. The van der Waals surface area contributed by atoms with Gasteiger partial charge in [-0.1, -0.05) is 30.3 Å². The topological polar surface area (TPSA) is 12.0 Å². The molecular weight excluding hydrogens is 122 g/mol. The fourth-order valence-electron chi connectivity index (χ4n) is 0.860. The molecule has 1 aromatic rings. The maximum Gasteiger partial charge on any atom is 0.0292 e. The molecule has 53 valence electrons. The van der Waals surface area contributed by atoms with Crippen molar-refractivity contribution in [1.29, 1.82) is 0 Å². The molecule has 0 fully saturated rings. The molecule has 1 aromatic carbocycles. The van der Waals surface area contributed by atoms with Crippen molar-refractivity contribution >= 4 is 0 Å². The Morgan fingerprint density at radius 1 is 1.30 bits per heavy atom. The van der Waals surface area contributed by atoms with E-state index in [4.69, 9.17) is 0 Å². The molecule has 1 radical (unpaired) electrons. The summed E-state index contributed by atoms with van der Waals surface area (Å²) < 4.78 is 0. The summed E-state index contributed by atoms with van der Waals surface area (Å²) in [6.07, 6.45) is 0. The van der Waals surface area contributed by atoms with Gasteiger partial charge in [0, 0.05) is 13.1 Å². The lowest BCUT2D eigenvalue weighted by Gasteiger charge is -2.08. The van der Waals surface area contributed by atoms with Crippen molar-refractivity contribution in [3.63, 3.8) is 0 Å². The largest absolute Gasteiger partial charge is 0.309 e. The highest BCUT2D eigenvalue weighted by molar-refractivity contribution is 5.17. The molecule has 1 atom stereocenters. The maximum absolute atomic E-state index is 3.61. The second-order valence-corrected chi connectivity index (χ2v) is 2.34. The molecule has 0 aliphatic carbocycles. The van der Waals surface area contributed by atoms with E-state index in [1.54, 1.807) is 0 Å². The Morgan fingerprint density at radius 3 is 2.40 bits per heavy atom. The van der Waals surface area contributed by atoms with Gasteiger partial charge in [0.2, 0.25) is 0 Å². The van der Waals surface area contributed by atoms with Gasteiger partial charge in [0.15, 0.2) is 0 Å². The number of hydrogen-bond donors (Lipinski definition) is 1. The van der Waals surface area contributed by atoms with Gasteiger partial charge < -0.3 is 5.32 Å². The van der Waals surface area contributed by atoms with Crippen molar-refractivity contribution < 1.29 is 0 Å². The van der Waals surface area contributed by atoms with Gasteiger partial charge in [-0.15, -0.1) is 0 Å². The third-order valence-electron chi connectivity index (χ3n) is 1.61. The van der Waals surface area contributed by atoms with Gasteiger partial charge in [0.05, 0.1) is 0 Å². The SMILES string of the molecule is [CH2]N[C@@H](C)c1ccccc1. The van der Waals surface area contributed by atoms with E-state index in [1.165, 1.54) is 5.56 Å². The average Bonchev–Trinajstić information content (AvgIpc) is 2.05. The zero-order chi connectivity index (χ0) is 7.40. The second-order valence-electron chi connectivity index (χ2n) is 2.34. The van der Waals surface area contributed by atoms with Crippen molar-refractivity contribution in [2.24, 2.45) is 0 Å². The first-order valence-corrected chi connectivity index (χ1v) is 3.42. The van der Waals surface area contributed by atoms with Gasteiger partial charge in [-0.25, -0.2) is 0 Å². The Morgan fingerprint density at radius 2 is 1.90 bits per heavy atom. The molecule has 1 nitrogen and oxygen atoms in total. The summed E-state index contributed by atoms with van der Waals surface area (Å²) >= 11 is 0. The summed E-state index contributed by atoms with van der Waals surface area (Å²) in [5, 5.41) is 2.93. The van der Waals surface area contributed by atoms with Crippen LogP contribution in [0, 0.1) is 7.05 Å². The Labute approximate surface area is 62.1 Å². The maximum atomic E-state index is 3.61. The van der Waals surface area contributed by atoms with Gasteiger partial charge in [-0.3, -0.25) is 0 Å². The Hall–Kier alpha value is -0.820. The smallest absolute Gasteiger partial charge is 0.0292 e. The number of nitrogens with one attached hydrogen (secondary N) is 1. The molecule has 1 N–H and O–H groups in total. The van der Waals surface area contributed by atoms with Crippen LogP contribution in [-0.4, -0.2) is 0 Å². The summed E-state index contributed by atoms with van der Waals surface area (Å²) in [6, 6.07) is 10.6. The van der Waals surface area contributed by atoms with Crippen molar-refractivity contribution in [2.75, 3.05) is 0 Å². The Bertz CT molecular complexity index is 181. The first-order valence-electron chi connectivity index (χ1n) is 3.42. The van der Waals surface area contributed by atoms with Crippen LogP contribution in [0.15, 0.2) is 30.3 Å². The van der Waals surface area contributed by atoms with E-state index in [0.717, 1.165) is 0 Å². The molecule has 0 aliphatic rings. The summed E-state index contributed by atoms with van der Waals surface area (Å²) in [5.41, 5.74) is 1.28. The number of benzene rings is 1. The van der Waals surface area contributed by atoms with Crippen LogP contribution in [0.2, 0.25) is 0 Å². The van der Waals surface area contributed by atoms with Crippen LogP contribution in [-0.2, 0) is 0 Å². The Balaban J connectivity index is 2.75. The first kappa shape index (κ1) is 7.29. The van der Waals surface area contributed by atoms with Gasteiger partial charge in [0.1, 0.15) is 0 Å². The van der Waals surface area contributed by atoms with Crippen LogP contribution < -0.4 is 5.32 Å². The molecule has 0 aromatic heterocycles. The first-order chi connectivity index (χ1) is 4.84. The molecule has 0 saturated heterocycles. The highest BCUT2D eigenvalue weighted by Crippen LogP contribution is 2.09. The summed E-state index contributed by atoms with van der Waals surface area (Å²) in [7, 11) is 3.61. The third kappa shape index (κ3) is 1.58. The fraction of sp³-hybridized carbons (Fsp3) is 0.222. The van der Waals surface area contributed by atoms with E-state index in [-0.39, 0.29) is 0 Å². The molecule has 0 heterocycles. The van der Waals surface area contributed by atoms with E-state index >= 15 is 0 Å².